The Bertz CT molecular complexity index is 521. The van der Waals surface area contributed by atoms with Crippen molar-refractivity contribution in [2.24, 2.45) is 5.92 Å². The summed E-state index contributed by atoms with van der Waals surface area (Å²) < 4.78 is 1.03. The smallest absolute Gasteiger partial charge is 0.251 e. The highest BCUT2D eigenvalue weighted by Gasteiger charge is 2.34. The minimum absolute atomic E-state index is 0.132. The summed E-state index contributed by atoms with van der Waals surface area (Å²) in [7, 11) is 0. The van der Waals surface area contributed by atoms with Crippen molar-refractivity contribution in [3.63, 3.8) is 0 Å². The molecule has 0 bridgehead atoms. The second-order valence-corrected chi connectivity index (χ2v) is 6.04. The van der Waals surface area contributed by atoms with Gasteiger partial charge in [0.25, 0.3) is 5.91 Å². The van der Waals surface area contributed by atoms with Crippen molar-refractivity contribution in [2.75, 3.05) is 6.54 Å². The number of amides is 1. The highest BCUT2D eigenvalue weighted by molar-refractivity contribution is 9.11. The molecule has 1 aromatic carbocycles. The predicted molar refractivity (Wildman–Crippen MR) is 86.4 cm³/mol. The lowest BCUT2D eigenvalue weighted by molar-refractivity contribution is -0.125. The molecule has 1 aromatic rings. The highest BCUT2D eigenvalue weighted by Crippen LogP contribution is 2.33. The molecule has 0 aliphatic carbocycles. The monoisotopic (exact) mass is 333 g/mol. The first-order valence-corrected chi connectivity index (χ1v) is 7.81. The first kappa shape index (κ1) is 15.0. The van der Waals surface area contributed by atoms with Crippen LogP contribution in [0.2, 0.25) is 0 Å². The van der Waals surface area contributed by atoms with Crippen molar-refractivity contribution in [2.45, 2.75) is 26.3 Å². The lowest BCUT2D eigenvalue weighted by Crippen LogP contribution is -2.24. The van der Waals surface area contributed by atoms with E-state index in [0.29, 0.717) is 6.54 Å². The second-order valence-electron chi connectivity index (χ2n) is 5.08. The Morgan fingerprint density at radius 3 is 2.75 bits per heavy atom. The van der Waals surface area contributed by atoms with E-state index in [4.69, 9.17) is 0 Å². The average molecular weight is 334 g/mol. The summed E-state index contributed by atoms with van der Waals surface area (Å²) in [4.78, 5) is 14.5. The summed E-state index contributed by atoms with van der Waals surface area (Å²) in [5.41, 5.74) is 2.05. The van der Waals surface area contributed by atoms with Gasteiger partial charge in [0.05, 0.1) is 0 Å². The Morgan fingerprint density at radius 2 is 2.15 bits per heavy atom. The number of benzene rings is 1. The quantitative estimate of drug-likeness (QED) is 0.581. The standard InChI is InChI=1S/C17H20BrNO/c1-3-8-15(18)16-14(4-2)12-19(17(16)20)11-13-9-6-5-7-10-13/h4-7,9-10,14H,2-3,8,11-12H2,1H3/b16-15+. The molecule has 106 valence electrons. The first-order valence-electron chi connectivity index (χ1n) is 7.01. The van der Waals surface area contributed by atoms with Crippen molar-refractivity contribution < 1.29 is 4.79 Å². The summed E-state index contributed by atoms with van der Waals surface area (Å²) in [6.07, 6.45) is 3.82. The van der Waals surface area contributed by atoms with Crippen LogP contribution >= 0.6 is 15.9 Å². The van der Waals surface area contributed by atoms with Crippen LogP contribution in [-0.2, 0) is 11.3 Å². The maximum absolute atomic E-state index is 12.6. The van der Waals surface area contributed by atoms with Crippen molar-refractivity contribution >= 4 is 21.8 Å². The van der Waals surface area contributed by atoms with Gasteiger partial charge in [-0.2, -0.15) is 0 Å². The number of likely N-dealkylation sites (tertiary alicyclic amines) is 1. The molecule has 3 heteroatoms. The fourth-order valence-electron chi connectivity index (χ4n) is 2.54. The maximum Gasteiger partial charge on any atom is 0.251 e. The van der Waals surface area contributed by atoms with Gasteiger partial charge in [0.2, 0.25) is 0 Å². The van der Waals surface area contributed by atoms with Crippen LogP contribution in [0.1, 0.15) is 25.3 Å². The van der Waals surface area contributed by atoms with Gasteiger partial charge in [-0.3, -0.25) is 4.79 Å². The summed E-state index contributed by atoms with van der Waals surface area (Å²) >= 11 is 3.58. The zero-order valence-corrected chi connectivity index (χ0v) is 13.4. The van der Waals surface area contributed by atoms with Crippen molar-refractivity contribution in [1.82, 2.24) is 4.90 Å². The Morgan fingerprint density at radius 1 is 1.45 bits per heavy atom. The molecule has 1 aliphatic rings. The number of carbonyl (C=O) groups is 1. The average Bonchev–Trinajstić information content (AvgIpc) is 2.77. The largest absolute Gasteiger partial charge is 0.334 e. The van der Waals surface area contributed by atoms with Crippen LogP contribution in [0.3, 0.4) is 0 Å². The van der Waals surface area contributed by atoms with E-state index in [0.717, 1.165) is 35.0 Å². The SMILES string of the molecule is C=CC1CN(Cc2ccccc2)C(=O)/C1=C(/Br)CCC. The molecule has 20 heavy (non-hydrogen) atoms. The molecule has 1 atom stereocenters. The molecule has 1 aliphatic heterocycles. The maximum atomic E-state index is 12.6. The van der Waals surface area contributed by atoms with Crippen molar-refractivity contribution in [3.8, 4) is 0 Å². The van der Waals surface area contributed by atoms with E-state index in [-0.39, 0.29) is 11.8 Å². The lowest BCUT2D eigenvalue weighted by atomic mass is 10.0. The highest BCUT2D eigenvalue weighted by atomic mass is 79.9. The topological polar surface area (TPSA) is 20.3 Å². The third-order valence-electron chi connectivity index (χ3n) is 3.57. The third kappa shape index (κ3) is 3.21. The number of carbonyl (C=O) groups excluding carboxylic acids is 1. The van der Waals surface area contributed by atoms with Gasteiger partial charge in [0, 0.05) is 29.1 Å². The molecule has 0 saturated carbocycles. The number of nitrogens with zero attached hydrogens (tertiary/aromatic N) is 1. The number of rotatable bonds is 5. The Balaban J connectivity index is 2.20. The van der Waals surface area contributed by atoms with Crippen LogP contribution in [-0.4, -0.2) is 17.4 Å². The molecule has 0 radical (unpaired) electrons. The fraction of sp³-hybridized carbons (Fsp3) is 0.353. The third-order valence-corrected chi connectivity index (χ3v) is 4.39. The van der Waals surface area contributed by atoms with E-state index in [1.165, 1.54) is 0 Å². The minimum atomic E-state index is 0.132. The van der Waals surface area contributed by atoms with Crippen LogP contribution < -0.4 is 0 Å². The summed E-state index contributed by atoms with van der Waals surface area (Å²) in [5, 5.41) is 0. The number of hydrogen-bond donors (Lipinski definition) is 0. The first-order chi connectivity index (χ1) is 9.67. The molecule has 2 rings (SSSR count). The lowest BCUT2D eigenvalue weighted by Gasteiger charge is -2.15. The Labute approximate surface area is 129 Å². The van der Waals surface area contributed by atoms with Crippen molar-refractivity contribution in [3.05, 3.63) is 58.6 Å². The molecule has 0 N–H and O–H groups in total. The molecule has 1 saturated heterocycles. The number of halogens is 1. The zero-order chi connectivity index (χ0) is 14.5. The van der Waals surface area contributed by atoms with Gasteiger partial charge in [-0.05, 0) is 12.0 Å². The van der Waals surface area contributed by atoms with E-state index in [1.807, 2.05) is 29.2 Å². The molecule has 1 unspecified atom stereocenters. The number of hydrogen-bond acceptors (Lipinski definition) is 1. The normalized spacial score (nSPS) is 21.2. The van der Waals surface area contributed by atoms with Gasteiger partial charge >= 0.3 is 0 Å². The predicted octanol–water partition coefficient (Wildman–Crippen LogP) is 4.28. The summed E-state index contributed by atoms with van der Waals surface area (Å²) in [5.74, 6) is 0.270. The van der Waals surface area contributed by atoms with Crippen LogP contribution in [0.4, 0.5) is 0 Å². The molecule has 0 aromatic heterocycles. The second kappa shape index (κ2) is 6.89. The van der Waals surface area contributed by atoms with E-state index < -0.39 is 0 Å². The van der Waals surface area contributed by atoms with E-state index in [9.17, 15) is 4.79 Å². The van der Waals surface area contributed by atoms with E-state index in [2.05, 4.69) is 41.6 Å². The van der Waals surface area contributed by atoms with Gasteiger partial charge in [-0.15, -0.1) is 6.58 Å². The molecular weight excluding hydrogens is 314 g/mol. The van der Waals surface area contributed by atoms with E-state index in [1.54, 1.807) is 0 Å². The Hall–Kier alpha value is -1.35. The number of allylic oxidation sites excluding steroid dienone is 1. The molecule has 0 spiro atoms. The van der Waals surface area contributed by atoms with Crippen LogP contribution in [0, 0.1) is 5.92 Å². The fourth-order valence-corrected chi connectivity index (χ4v) is 3.40. The summed E-state index contributed by atoms with van der Waals surface area (Å²) in [6.45, 7) is 7.39. The molecular formula is C17H20BrNO. The van der Waals surface area contributed by atoms with Crippen LogP contribution in [0.15, 0.2) is 53.0 Å². The van der Waals surface area contributed by atoms with Crippen LogP contribution in [0.25, 0.3) is 0 Å². The van der Waals surface area contributed by atoms with Crippen LogP contribution in [0.5, 0.6) is 0 Å². The van der Waals surface area contributed by atoms with Gasteiger partial charge in [0.15, 0.2) is 0 Å². The molecule has 2 nitrogen and oxygen atoms in total. The minimum Gasteiger partial charge on any atom is -0.334 e. The molecule has 1 amide bonds. The van der Waals surface area contributed by atoms with Gasteiger partial charge in [0.1, 0.15) is 0 Å². The zero-order valence-electron chi connectivity index (χ0n) is 11.8. The molecule has 1 fully saturated rings. The Kier molecular flexibility index (Phi) is 5.18. The molecule has 1 heterocycles. The van der Waals surface area contributed by atoms with Gasteiger partial charge in [-0.1, -0.05) is 65.7 Å². The van der Waals surface area contributed by atoms with Crippen molar-refractivity contribution in [1.29, 1.82) is 0 Å². The van der Waals surface area contributed by atoms with Gasteiger partial charge in [-0.25, -0.2) is 0 Å². The summed E-state index contributed by atoms with van der Waals surface area (Å²) in [6, 6.07) is 10.1. The van der Waals surface area contributed by atoms with E-state index >= 15 is 0 Å². The van der Waals surface area contributed by atoms with Gasteiger partial charge < -0.3 is 4.90 Å².